The molecule has 1 aliphatic heterocycles. The van der Waals surface area contributed by atoms with E-state index in [2.05, 4.69) is 42.8 Å². The van der Waals surface area contributed by atoms with Crippen molar-refractivity contribution >= 4 is 57.6 Å². The quantitative estimate of drug-likeness (QED) is 0.360. The summed E-state index contributed by atoms with van der Waals surface area (Å²) in [4.78, 5) is 22.4. The van der Waals surface area contributed by atoms with E-state index in [0.717, 1.165) is 9.13 Å². The van der Waals surface area contributed by atoms with Crippen LogP contribution >= 0.6 is 34.4 Å². The topological polar surface area (TPSA) is 80.1 Å². The molecule has 8 heteroatoms. The smallest absolute Gasteiger partial charge is 0.338 e. The Hall–Kier alpha value is -1.42. The van der Waals surface area contributed by atoms with Crippen LogP contribution in [-0.2, 0) is 9.53 Å². The van der Waals surface area contributed by atoms with Crippen LogP contribution in [0.2, 0.25) is 0 Å². The zero-order valence-electron chi connectivity index (χ0n) is 10.4. The molecule has 0 aliphatic carbocycles. The van der Waals surface area contributed by atoms with E-state index in [1.165, 1.54) is 18.9 Å². The molecule has 0 saturated carbocycles. The first-order valence-electron chi connectivity index (χ1n) is 5.51. The average molecular weight is 403 g/mol. The monoisotopic (exact) mass is 403 g/mol. The van der Waals surface area contributed by atoms with E-state index >= 15 is 0 Å². The summed E-state index contributed by atoms with van der Waals surface area (Å²) in [5.74, 6) is -0.0655. The van der Waals surface area contributed by atoms with Crippen molar-refractivity contribution in [2.75, 3.05) is 12.9 Å². The second-order valence-corrected chi connectivity index (χ2v) is 5.84. The Bertz CT molecular complexity index is 616. The van der Waals surface area contributed by atoms with Gasteiger partial charge in [0.25, 0.3) is 0 Å². The lowest BCUT2D eigenvalue weighted by Crippen LogP contribution is -2.19. The van der Waals surface area contributed by atoms with Crippen molar-refractivity contribution in [2.45, 2.75) is 0 Å². The molecular formula is C12H10IN3O3S. The predicted octanol–water partition coefficient (Wildman–Crippen LogP) is 1.63. The molecule has 1 aromatic carbocycles. The van der Waals surface area contributed by atoms with Gasteiger partial charge in [-0.2, -0.15) is 5.10 Å². The Morgan fingerprint density at radius 1 is 1.55 bits per heavy atom. The number of carbonyl (C=O) groups is 2. The number of nitrogens with one attached hydrogen (secondary N) is 1. The van der Waals surface area contributed by atoms with E-state index in [-0.39, 0.29) is 11.9 Å². The highest BCUT2D eigenvalue weighted by Crippen LogP contribution is 2.15. The minimum absolute atomic E-state index is 0.0686. The number of esters is 1. The Balaban J connectivity index is 2.09. The average Bonchev–Trinajstić information content (AvgIpc) is 2.84. The van der Waals surface area contributed by atoms with Gasteiger partial charge in [-0.1, -0.05) is 17.8 Å². The van der Waals surface area contributed by atoms with E-state index in [0.29, 0.717) is 16.5 Å². The fraction of sp³-hybridized carbons (Fsp3) is 0.167. The molecule has 1 saturated heterocycles. The second-order valence-electron chi connectivity index (χ2n) is 3.72. The summed E-state index contributed by atoms with van der Waals surface area (Å²) < 4.78 is 5.45. The Kier molecular flexibility index (Phi) is 5.12. The normalized spacial score (nSPS) is 16.7. The zero-order chi connectivity index (χ0) is 14.5. The standard InChI is InChI=1S/C12H10IN3O3S/c1-19-11(18)8-3-2-7(4-9(8)13)5-14-16-12-15-10(17)6-20-12/h2-5H,6H2,1H3,(H,15,16,17). The van der Waals surface area contributed by atoms with Gasteiger partial charge in [-0.25, -0.2) is 4.79 Å². The number of halogens is 1. The molecule has 0 atom stereocenters. The van der Waals surface area contributed by atoms with Gasteiger partial charge in [0, 0.05) is 3.57 Å². The number of amidine groups is 1. The third kappa shape index (κ3) is 3.79. The van der Waals surface area contributed by atoms with Gasteiger partial charge >= 0.3 is 5.97 Å². The number of benzene rings is 1. The van der Waals surface area contributed by atoms with Crippen molar-refractivity contribution in [1.29, 1.82) is 0 Å². The van der Waals surface area contributed by atoms with Gasteiger partial charge in [0.15, 0.2) is 5.17 Å². The lowest BCUT2D eigenvalue weighted by molar-refractivity contribution is -0.116. The highest BCUT2D eigenvalue weighted by atomic mass is 127. The molecule has 1 aromatic rings. The van der Waals surface area contributed by atoms with E-state index in [1.807, 2.05) is 0 Å². The summed E-state index contributed by atoms with van der Waals surface area (Å²) in [5.41, 5.74) is 1.32. The van der Waals surface area contributed by atoms with E-state index < -0.39 is 0 Å². The Morgan fingerprint density at radius 3 is 2.95 bits per heavy atom. The van der Waals surface area contributed by atoms with Gasteiger partial charge in [-0.3, -0.25) is 4.79 Å². The third-order valence-electron chi connectivity index (χ3n) is 2.34. The van der Waals surface area contributed by atoms with Crippen molar-refractivity contribution in [3.05, 3.63) is 32.9 Å². The number of hydrogen-bond donors (Lipinski definition) is 1. The van der Waals surface area contributed by atoms with Crippen LogP contribution in [0, 0.1) is 3.57 Å². The summed E-state index contributed by atoms with van der Waals surface area (Å²) in [6, 6.07) is 5.23. The maximum absolute atomic E-state index is 11.4. The number of amides is 1. The number of nitrogens with zero attached hydrogens (tertiary/aromatic N) is 2. The minimum atomic E-state index is -0.372. The number of ether oxygens (including phenoxy) is 1. The first-order valence-corrected chi connectivity index (χ1v) is 7.58. The molecule has 1 N–H and O–H groups in total. The first kappa shape index (κ1) is 15.0. The number of methoxy groups -OCH3 is 1. The van der Waals surface area contributed by atoms with Gasteiger partial charge in [0.1, 0.15) is 0 Å². The maximum atomic E-state index is 11.4. The molecule has 20 heavy (non-hydrogen) atoms. The summed E-state index contributed by atoms with van der Waals surface area (Å²) in [6.07, 6.45) is 1.56. The largest absolute Gasteiger partial charge is 0.465 e. The molecule has 0 unspecified atom stereocenters. The van der Waals surface area contributed by atoms with Crippen molar-refractivity contribution in [2.24, 2.45) is 10.2 Å². The molecule has 6 nitrogen and oxygen atoms in total. The van der Waals surface area contributed by atoms with Crippen LogP contribution in [0.4, 0.5) is 0 Å². The molecular weight excluding hydrogens is 393 g/mol. The number of thioether (sulfide) groups is 1. The van der Waals surface area contributed by atoms with Crippen LogP contribution in [0.3, 0.4) is 0 Å². The molecule has 1 heterocycles. The van der Waals surface area contributed by atoms with Gasteiger partial charge in [-0.05, 0) is 40.3 Å². The van der Waals surface area contributed by atoms with E-state index in [4.69, 9.17) is 0 Å². The molecule has 2 rings (SSSR count). The van der Waals surface area contributed by atoms with Crippen LogP contribution in [-0.4, -0.2) is 36.1 Å². The number of rotatable bonds is 3. The van der Waals surface area contributed by atoms with Crippen molar-refractivity contribution < 1.29 is 14.3 Å². The maximum Gasteiger partial charge on any atom is 0.338 e. The van der Waals surface area contributed by atoms with Crippen LogP contribution in [0.15, 0.2) is 28.4 Å². The van der Waals surface area contributed by atoms with Crippen molar-refractivity contribution in [3.63, 3.8) is 0 Å². The number of hydrogen-bond acceptors (Lipinski definition) is 6. The molecule has 0 spiro atoms. The van der Waals surface area contributed by atoms with Gasteiger partial charge in [-0.15, -0.1) is 5.10 Å². The lowest BCUT2D eigenvalue weighted by atomic mass is 10.1. The predicted molar refractivity (Wildman–Crippen MR) is 86.1 cm³/mol. The number of carbonyl (C=O) groups excluding carboxylic acids is 2. The van der Waals surface area contributed by atoms with Crippen LogP contribution in [0.1, 0.15) is 15.9 Å². The fourth-order valence-electron chi connectivity index (χ4n) is 1.41. The molecule has 1 amide bonds. The fourth-order valence-corrected chi connectivity index (χ4v) is 2.80. The van der Waals surface area contributed by atoms with E-state index in [1.54, 1.807) is 24.4 Å². The SMILES string of the molecule is COC(=O)c1ccc(C=NN=C2NC(=O)CS2)cc1I. The van der Waals surface area contributed by atoms with Crippen LogP contribution < -0.4 is 5.32 Å². The molecule has 0 radical (unpaired) electrons. The van der Waals surface area contributed by atoms with Crippen LogP contribution in [0.25, 0.3) is 0 Å². The molecule has 0 bridgehead atoms. The summed E-state index contributed by atoms with van der Waals surface area (Å²) in [7, 11) is 1.34. The van der Waals surface area contributed by atoms with Gasteiger partial charge in [0.2, 0.25) is 5.91 Å². The molecule has 1 aliphatic rings. The zero-order valence-corrected chi connectivity index (χ0v) is 13.4. The summed E-state index contributed by atoms with van der Waals surface area (Å²) in [5, 5.41) is 10.9. The van der Waals surface area contributed by atoms with Crippen LogP contribution in [0.5, 0.6) is 0 Å². The van der Waals surface area contributed by atoms with Crippen molar-refractivity contribution in [1.82, 2.24) is 5.32 Å². The molecule has 104 valence electrons. The lowest BCUT2D eigenvalue weighted by Gasteiger charge is -2.02. The highest BCUT2D eigenvalue weighted by Gasteiger charge is 2.16. The van der Waals surface area contributed by atoms with E-state index in [9.17, 15) is 9.59 Å². The van der Waals surface area contributed by atoms with Crippen molar-refractivity contribution in [3.8, 4) is 0 Å². The highest BCUT2D eigenvalue weighted by molar-refractivity contribution is 14.1. The Labute approximate surface area is 133 Å². The second kappa shape index (κ2) is 6.84. The third-order valence-corrected chi connectivity index (χ3v) is 4.10. The summed E-state index contributed by atoms with van der Waals surface area (Å²) >= 11 is 3.37. The molecule has 0 aromatic heterocycles. The molecule has 1 fully saturated rings. The summed E-state index contributed by atoms with van der Waals surface area (Å²) in [6.45, 7) is 0. The first-order chi connectivity index (χ1) is 9.60. The van der Waals surface area contributed by atoms with Gasteiger partial charge in [0.05, 0.1) is 24.6 Å². The van der Waals surface area contributed by atoms with Gasteiger partial charge < -0.3 is 10.1 Å². The Morgan fingerprint density at radius 2 is 2.35 bits per heavy atom. The minimum Gasteiger partial charge on any atom is -0.465 e.